The number of para-hydroxylation sites is 2. The zero-order valence-electron chi connectivity index (χ0n) is 10.8. The number of amides is 1. The number of anilines is 2. The number of benzene rings is 2. The first-order valence-electron chi connectivity index (χ1n) is 6.16. The molecule has 0 saturated carbocycles. The first-order chi connectivity index (χ1) is 9.78. The average Bonchev–Trinajstić information content (AvgIpc) is 2.48. The standard InChI is InChI=1S/C15H15N3O2/c19-15(17-13-9-5-2-6-10-13)11-14(18-20)16-12-7-3-1-4-8-12/h1-10,20H,11H2,(H,16,18)(H,17,19). The molecule has 0 spiro atoms. The van der Waals surface area contributed by atoms with Crippen LogP contribution in [-0.4, -0.2) is 17.0 Å². The Hall–Kier alpha value is -2.82. The van der Waals surface area contributed by atoms with Crippen LogP contribution in [0.25, 0.3) is 0 Å². The summed E-state index contributed by atoms with van der Waals surface area (Å²) < 4.78 is 0. The van der Waals surface area contributed by atoms with Crippen LogP contribution in [0.2, 0.25) is 0 Å². The van der Waals surface area contributed by atoms with Gasteiger partial charge in [0.05, 0.1) is 6.42 Å². The van der Waals surface area contributed by atoms with E-state index in [1.807, 2.05) is 48.5 Å². The number of amidine groups is 1. The van der Waals surface area contributed by atoms with Crippen molar-refractivity contribution in [2.24, 2.45) is 5.16 Å². The van der Waals surface area contributed by atoms with Gasteiger partial charge in [0.15, 0.2) is 5.84 Å². The van der Waals surface area contributed by atoms with Gasteiger partial charge in [-0.3, -0.25) is 4.79 Å². The molecule has 20 heavy (non-hydrogen) atoms. The molecule has 5 nitrogen and oxygen atoms in total. The summed E-state index contributed by atoms with van der Waals surface area (Å²) in [5.74, 6) is -0.0722. The van der Waals surface area contributed by atoms with Crippen LogP contribution in [0.5, 0.6) is 0 Å². The highest BCUT2D eigenvalue weighted by atomic mass is 16.4. The van der Waals surface area contributed by atoms with E-state index < -0.39 is 0 Å². The topological polar surface area (TPSA) is 73.7 Å². The fourth-order valence-electron chi connectivity index (χ4n) is 1.67. The van der Waals surface area contributed by atoms with Gasteiger partial charge in [-0.15, -0.1) is 0 Å². The van der Waals surface area contributed by atoms with E-state index in [0.29, 0.717) is 5.69 Å². The Bertz CT molecular complexity index is 583. The van der Waals surface area contributed by atoms with E-state index in [1.54, 1.807) is 12.1 Å². The molecule has 0 aliphatic heterocycles. The highest BCUT2D eigenvalue weighted by Crippen LogP contribution is 2.08. The van der Waals surface area contributed by atoms with E-state index in [2.05, 4.69) is 15.8 Å². The van der Waals surface area contributed by atoms with Crippen LogP contribution < -0.4 is 10.6 Å². The highest BCUT2D eigenvalue weighted by molar-refractivity contribution is 6.10. The quantitative estimate of drug-likeness (QED) is 0.346. The molecule has 2 aromatic rings. The molecule has 1 amide bonds. The number of carbonyl (C=O) groups excluding carboxylic acids is 1. The molecule has 0 fully saturated rings. The largest absolute Gasteiger partial charge is 0.409 e. The van der Waals surface area contributed by atoms with Crippen molar-refractivity contribution in [3.63, 3.8) is 0 Å². The summed E-state index contributed by atoms with van der Waals surface area (Å²) in [6.45, 7) is 0. The Labute approximate surface area is 116 Å². The Kier molecular flexibility index (Phi) is 4.72. The summed E-state index contributed by atoms with van der Waals surface area (Å²) in [4.78, 5) is 11.8. The average molecular weight is 269 g/mol. The number of oxime groups is 1. The number of carbonyl (C=O) groups is 1. The molecule has 0 unspecified atom stereocenters. The van der Waals surface area contributed by atoms with Gasteiger partial charge in [-0.2, -0.15) is 0 Å². The van der Waals surface area contributed by atoms with E-state index in [4.69, 9.17) is 5.21 Å². The lowest BCUT2D eigenvalue weighted by molar-refractivity contribution is -0.115. The van der Waals surface area contributed by atoms with Gasteiger partial charge in [0.25, 0.3) is 0 Å². The lowest BCUT2D eigenvalue weighted by Gasteiger charge is -2.08. The van der Waals surface area contributed by atoms with Gasteiger partial charge in [0.1, 0.15) is 0 Å². The van der Waals surface area contributed by atoms with Crippen LogP contribution in [0.15, 0.2) is 65.8 Å². The van der Waals surface area contributed by atoms with Gasteiger partial charge in [-0.05, 0) is 24.3 Å². The number of nitrogens with zero attached hydrogens (tertiary/aromatic N) is 1. The van der Waals surface area contributed by atoms with Crippen molar-refractivity contribution in [1.29, 1.82) is 0 Å². The lowest BCUT2D eigenvalue weighted by atomic mass is 10.2. The second kappa shape index (κ2) is 6.94. The zero-order chi connectivity index (χ0) is 14.2. The summed E-state index contributed by atoms with van der Waals surface area (Å²) in [7, 11) is 0. The predicted molar refractivity (Wildman–Crippen MR) is 79.0 cm³/mol. The fourth-order valence-corrected chi connectivity index (χ4v) is 1.67. The van der Waals surface area contributed by atoms with Crippen molar-refractivity contribution in [2.45, 2.75) is 6.42 Å². The molecule has 0 radical (unpaired) electrons. The molecule has 2 aromatic carbocycles. The highest BCUT2D eigenvalue weighted by Gasteiger charge is 2.08. The first kappa shape index (κ1) is 13.6. The van der Waals surface area contributed by atoms with Crippen molar-refractivity contribution in [3.05, 3.63) is 60.7 Å². The van der Waals surface area contributed by atoms with Crippen molar-refractivity contribution in [2.75, 3.05) is 10.6 Å². The summed E-state index contributed by atoms with van der Waals surface area (Å²) in [5, 5.41) is 17.7. The van der Waals surface area contributed by atoms with Crippen molar-refractivity contribution >= 4 is 23.1 Å². The Morgan fingerprint density at radius 2 is 1.40 bits per heavy atom. The van der Waals surface area contributed by atoms with Crippen LogP contribution >= 0.6 is 0 Å². The van der Waals surface area contributed by atoms with Crippen LogP contribution in [-0.2, 0) is 4.79 Å². The molecule has 0 heterocycles. The lowest BCUT2D eigenvalue weighted by Crippen LogP contribution is -2.21. The molecule has 0 atom stereocenters. The van der Waals surface area contributed by atoms with E-state index in [-0.39, 0.29) is 18.2 Å². The Balaban J connectivity index is 1.92. The molecule has 0 saturated heterocycles. The Morgan fingerprint density at radius 1 is 0.900 bits per heavy atom. The van der Waals surface area contributed by atoms with E-state index in [9.17, 15) is 4.79 Å². The van der Waals surface area contributed by atoms with Gasteiger partial charge < -0.3 is 15.8 Å². The molecule has 5 heteroatoms. The number of hydrogen-bond donors (Lipinski definition) is 3. The van der Waals surface area contributed by atoms with Gasteiger partial charge in [0.2, 0.25) is 5.91 Å². The predicted octanol–water partition coefficient (Wildman–Crippen LogP) is 2.92. The van der Waals surface area contributed by atoms with Crippen molar-refractivity contribution in [1.82, 2.24) is 0 Å². The van der Waals surface area contributed by atoms with Gasteiger partial charge >= 0.3 is 0 Å². The van der Waals surface area contributed by atoms with E-state index >= 15 is 0 Å². The fraction of sp³-hybridized carbons (Fsp3) is 0.0667. The second-order valence-corrected chi connectivity index (χ2v) is 4.13. The van der Waals surface area contributed by atoms with E-state index in [0.717, 1.165) is 5.69 Å². The van der Waals surface area contributed by atoms with Crippen molar-refractivity contribution in [3.8, 4) is 0 Å². The minimum atomic E-state index is -0.257. The maximum Gasteiger partial charge on any atom is 0.232 e. The first-order valence-corrected chi connectivity index (χ1v) is 6.16. The molecular formula is C15H15N3O2. The third-order valence-electron chi connectivity index (χ3n) is 2.57. The van der Waals surface area contributed by atoms with Crippen molar-refractivity contribution < 1.29 is 10.0 Å². The van der Waals surface area contributed by atoms with Gasteiger partial charge in [-0.1, -0.05) is 41.6 Å². The minimum Gasteiger partial charge on any atom is -0.409 e. The van der Waals surface area contributed by atoms with Crippen LogP contribution in [0.4, 0.5) is 11.4 Å². The molecule has 0 aromatic heterocycles. The number of rotatable bonds is 4. The SMILES string of the molecule is O=C(C/C(=N/O)Nc1ccccc1)Nc1ccccc1. The third-order valence-corrected chi connectivity index (χ3v) is 2.57. The normalized spacial score (nSPS) is 10.9. The summed E-state index contributed by atoms with van der Waals surface area (Å²) in [5.41, 5.74) is 1.46. The van der Waals surface area contributed by atoms with Crippen LogP contribution in [0.1, 0.15) is 6.42 Å². The molecule has 0 aliphatic rings. The zero-order valence-corrected chi connectivity index (χ0v) is 10.8. The molecule has 0 aliphatic carbocycles. The molecule has 102 valence electrons. The second-order valence-electron chi connectivity index (χ2n) is 4.13. The summed E-state index contributed by atoms with van der Waals surface area (Å²) in [6.07, 6.45) is -0.0414. The molecule has 3 N–H and O–H groups in total. The number of nitrogens with one attached hydrogen (secondary N) is 2. The third kappa shape index (κ3) is 4.13. The maximum absolute atomic E-state index is 11.8. The monoisotopic (exact) mass is 269 g/mol. The van der Waals surface area contributed by atoms with E-state index in [1.165, 1.54) is 0 Å². The molecule has 2 rings (SSSR count). The van der Waals surface area contributed by atoms with Gasteiger partial charge in [-0.25, -0.2) is 0 Å². The van der Waals surface area contributed by atoms with Crippen LogP contribution in [0, 0.1) is 0 Å². The molecule has 0 bridgehead atoms. The minimum absolute atomic E-state index is 0.0414. The summed E-state index contributed by atoms with van der Waals surface area (Å²) in [6, 6.07) is 18.3. The Morgan fingerprint density at radius 3 is 1.90 bits per heavy atom. The number of hydrogen-bond acceptors (Lipinski definition) is 3. The smallest absolute Gasteiger partial charge is 0.232 e. The molecular weight excluding hydrogens is 254 g/mol. The van der Waals surface area contributed by atoms with Gasteiger partial charge in [0, 0.05) is 11.4 Å². The summed E-state index contributed by atoms with van der Waals surface area (Å²) >= 11 is 0. The maximum atomic E-state index is 11.8. The van der Waals surface area contributed by atoms with Crippen LogP contribution in [0.3, 0.4) is 0 Å².